The molecule has 1 heterocycles. The van der Waals surface area contributed by atoms with Gasteiger partial charge in [-0.2, -0.15) is 0 Å². The van der Waals surface area contributed by atoms with Gasteiger partial charge < -0.3 is 5.73 Å². The van der Waals surface area contributed by atoms with E-state index in [0.717, 1.165) is 17.5 Å². The zero-order valence-electron chi connectivity index (χ0n) is 11.5. The zero-order chi connectivity index (χ0) is 15.5. The third-order valence-corrected chi connectivity index (χ3v) is 5.10. The van der Waals surface area contributed by atoms with E-state index in [0.29, 0.717) is 16.7 Å². The molecule has 0 bridgehead atoms. The number of nitrogens with zero attached hydrogens (tertiary/aromatic N) is 1. The molecule has 1 aromatic carbocycles. The fraction of sp³-hybridized carbons (Fsp3) is 0.214. The molecule has 5 nitrogen and oxygen atoms in total. The molecule has 1 aromatic heterocycles. The van der Waals surface area contributed by atoms with Crippen molar-refractivity contribution in [3.63, 3.8) is 0 Å². The summed E-state index contributed by atoms with van der Waals surface area (Å²) >= 11 is 3.26. The molecule has 0 spiro atoms. The molecular formula is C14H16BrN3O2S. The summed E-state index contributed by atoms with van der Waals surface area (Å²) in [6.45, 7) is 2.32. The molecule has 0 aliphatic rings. The SMILES string of the molecule is CCc1ccc(S(=O)(=O)Nc2ccncc2Br)cc1CN. The molecule has 0 radical (unpaired) electrons. The number of hydrogen-bond donors (Lipinski definition) is 2. The van der Waals surface area contributed by atoms with Crippen molar-refractivity contribution < 1.29 is 8.42 Å². The maximum Gasteiger partial charge on any atom is 0.261 e. The van der Waals surface area contributed by atoms with E-state index in [1.807, 2.05) is 6.92 Å². The Morgan fingerprint density at radius 3 is 2.67 bits per heavy atom. The van der Waals surface area contributed by atoms with Gasteiger partial charge in [-0.05, 0) is 51.7 Å². The highest BCUT2D eigenvalue weighted by Crippen LogP contribution is 2.24. The van der Waals surface area contributed by atoms with Crippen molar-refractivity contribution in [3.8, 4) is 0 Å². The summed E-state index contributed by atoms with van der Waals surface area (Å²) in [4.78, 5) is 4.10. The highest BCUT2D eigenvalue weighted by molar-refractivity contribution is 9.10. The van der Waals surface area contributed by atoms with Crippen molar-refractivity contribution in [1.82, 2.24) is 4.98 Å². The summed E-state index contributed by atoms with van der Waals surface area (Å²) in [5.74, 6) is 0. The second-order valence-corrected chi connectivity index (χ2v) is 6.99. The van der Waals surface area contributed by atoms with E-state index >= 15 is 0 Å². The molecule has 0 fully saturated rings. The van der Waals surface area contributed by atoms with Gasteiger partial charge in [0.05, 0.1) is 15.1 Å². The lowest BCUT2D eigenvalue weighted by Crippen LogP contribution is -2.14. The lowest BCUT2D eigenvalue weighted by atomic mass is 10.1. The minimum atomic E-state index is -3.66. The first-order valence-corrected chi connectivity index (χ1v) is 8.69. The van der Waals surface area contributed by atoms with E-state index < -0.39 is 10.0 Å². The summed E-state index contributed by atoms with van der Waals surface area (Å²) in [6.07, 6.45) is 3.87. The van der Waals surface area contributed by atoms with E-state index in [1.165, 1.54) is 12.4 Å². The lowest BCUT2D eigenvalue weighted by molar-refractivity contribution is 0.601. The Bertz CT molecular complexity index is 748. The van der Waals surface area contributed by atoms with Crippen LogP contribution in [0.25, 0.3) is 0 Å². The van der Waals surface area contributed by atoms with Crippen molar-refractivity contribution in [2.45, 2.75) is 24.8 Å². The van der Waals surface area contributed by atoms with Gasteiger partial charge in [0, 0.05) is 18.9 Å². The number of halogens is 1. The van der Waals surface area contributed by atoms with Crippen LogP contribution in [-0.2, 0) is 23.0 Å². The van der Waals surface area contributed by atoms with Crippen LogP contribution in [0.4, 0.5) is 5.69 Å². The maximum absolute atomic E-state index is 12.4. The van der Waals surface area contributed by atoms with Gasteiger partial charge in [-0.1, -0.05) is 13.0 Å². The predicted molar refractivity (Wildman–Crippen MR) is 86.5 cm³/mol. The second kappa shape index (κ2) is 6.55. The summed E-state index contributed by atoms with van der Waals surface area (Å²) in [7, 11) is -3.66. The van der Waals surface area contributed by atoms with Crippen LogP contribution in [0.3, 0.4) is 0 Å². The molecule has 0 amide bonds. The Balaban J connectivity index is 2.38. The average Bonchev–Trinajstić information content (AvgIpc) is 2.48. The largest absolute Gasteiger partial charge is 0.326 e. The van der Waals surface area contributed by atoms with Crippen molar-refractivity contribution >= 4 is 31.6 Å². The summed E-state index contributed by atoms with van der Waals surface area (Å²) in [5.41, 5.74) is 8.03. The summed E-state index contributed by atoms with van der Waals surface area (Å²) in [6, 6.07) is 6.61. The van der Waals surface area contributed by atoms with Gasteiger partial charge in [-0.15, -0.1) is 0 Å². The molecule has 0 saturated carbocycles. The molecule has 7 heteroatoms. The molecule has 3 N–H and O–H groups in total. The first-order chi connectivity index (χ1) is 9.97. The molecule has 112 valence electrons. The molecule has 2 aromatic rings. The maximum atomic E-state index is 12.4. The number of aromatic nitrogens is 1. The number of nitrogens with two attached hydrogens (primary N) is 1. The highest BCUT2D eigenvalue weighted by atomic mass is 79.9. The van der Waals surface area contributed by atoms with Crippen LogP contribution in [0, 0.1) is 0 Å². The van der Waals surface area contributed by atoms with Crippen LogP contribution >= 0.6 is 15.9 Å². The summed E-state index contributed by atoms with van der Waals surface area (Å²) < 4.78 is 28.0. The van der Waals surface area contributed by atoms with Crippen LogP contribution in [0.5, 0.6) is 0 Å². The smallest absolute Gasteiger partial charge is 0.261 e. The van der Waals surface area contributed by atoms with Crippen molar-refractivity contribution in [1.29, 1.82) is 0 Å². The number of nitrogens with one attached hydrogen (secondary N) is 1. The molecule has 0 aliphatic carbocycles. The number of benzene rings is 1. The van der Waals surface area contributed by atoms with E-state index in [4.69, 9.17) is 5.73 Å². The monoisotopic (exact) mass is 369 g/mol. The van der Waals surface area contributed by atoms with Crippen LogP contribution in [0.1, 0.15) is 18.1 Å². The van der Waals surface area contributed by atoms with Crippen molar-refractivity contribution in [2.75, 3.05) is 4.72 Å². The minimum absolute atomic E-state index is 0.198. The summed E-state index contributed by atoms with van der Waals surface area (Å²) in [5, 5.41) is 0. The van der Waals surface area contributed by atoms with Gasteiger partial charge in [-0.25, -0.2) is 8.42 Å². The quantitative estimate of drug-likeness (QED) is 0.848. The Kier molecular flexibility index (Phi) is 4.97. The number of pyridine rings is 1. The van der Waals surface area contributed by atoms with Crippen LogP contribution in [0.15, 0.2) is 46.0 Å². The molecular weight excluding hydrogens is 354 g/mol. The van der Waals surface area contributed by atoms with E-state index in [2.05, 4.69) is 25.6 Å². The van der Waals surface area contributed by atoms with Crippen LogP contribution in [0.2, 0.25) is 0 Å². The number of hydrogen-bond acceptors (Lipinski definition) is 4. The fourth-order valence-electron chi connectivity index (χ4n) is 1.97. The Morgan fingerprint density at radius 1 is 1.29 bits per heavy atom. The van der Waals surface area contributed by atoms with Gasteiger partial charge in [-0.3, -0.25) is 9.71 Å². The fourth-order valence-corrected chi connectivity index (χ4v) is 3.58. The van der Waals surface area contributed by atoms with Gasteiger partial charge in [0.25, 0.3) is 10.0 Å². The third kappa shape index (κ3) is 3.61. The first-order valence-electron chi connectivity index (χ1n) is 6.42. The van der Waals surface area contributed by atoms with Crippen molar-refractivity contribution in [2.24, 2.45) is 5.73 Å². The predicted octanol–water partition coefficient (Wildman–Crippen LogP) is 2.67. The topological polar surface area (TPSA) is 85.1 Å². The Hall–Kier alpha value is -1.44. The Morgan fingerprint density at radius 2 is 2.05 bits per heavy atom. The molecule has 0 atom stereocenters. The molecule has 21 heavy (non-hydrogen) atoms. The average molecular weight is 370 g/mol. The van der Waals surface area contributed by atoms with Gasteiger partial charge >= 0.3 is 0 Å². The van der Waals surface area contributed by atoms with Gasteiger partial charge in [0.15, 0.2) is 0 Å². The minimum Gasteiger partial charge on any atom is -0.326 e. The van der Waals surface area contributed by atoms with Gasteiger partial charge in [0.2, 0.25) is 0 Å². The number of aryl methyl sites for hydroxylation is 1. The lowest BCUT2D eigenvalue weighted by Gasteiger charge is -2.12. The molecule has 0 unspecified atom stereocenters. The Labute approximate surface area is 132 Å². The second-order valence-electron chi connectivity index (χ2n) is 4.45. The number of anilines is 1. The first kappa shape index (κ1) is 15.9. The normalized spacial score (nSPS) is 11.4. The molecule has 0 aliphatic heterocycles. The van der Waals surface area contributed by atoms with Gasteiger partial charge in [0.1, 0.15) is 0 Å². The number of rotatable bonds is 5. The zero-order valence-corrected chi connectivity index (χ0v) is 13.9. The standard InChI is InChI=1S/C14H16BrN3O2S/c1-2-10-3-4-12(7-11(10)8-16)21(19,20)18-14-5-6-17-9-13(14)15/h3-7,9H,2,8,16H2,1H3,(H,17,18). The number of sulfonamides is 1. The van der Waals surface area contributed by atoms with E-state index in [1.54, 1.807) is 24.3 Å². The van der Waals surface area contributed by atoms with E-state index in [-0.39, 0.29) is 4.90 Å². The van der Waals surface area contributed by atoms with Crippen LogP contribution < -0.4 is 10.5 Å². The van der Waals surface area contributed by atoms with E-state index in [9.17, 15) is 8.42 Å². The molecule has 0 saturated heterocycles. The highest BCUT2D eigenvalue weighted by Gasteiger charge is 2.17. The van der Waals surface area contributed by atoms with Crippen LogP contribution in [-0.4, -0.2) is 13.4 Å². The third-order valence-electron chi connectivity index (χ3n) is 3.11. The van der Waals surface area contributed by atoms with Crippen molar-refractivity contribution in [3.05, 3.63) is 52.3 Å². The molecule has 2 rings (SSSR count).